The molecule has 1 aliphatic heterocycles. The van der Waals surface area contributed by atoms with Gasteiger partial charge >= 0.3 is 0 Å². The predicted molar refractivity (Wildman–Crippen MR) is 52.1 cm³/mol. The molecule has 1 aliphatic rings. The van der Waals surface area contributed by atoms with Crippen molar-refractivity contribution in [3.05, 3.63) is 29.8 Å². The maximum absolute atomic E-state index is 8.57. The van der Waals surface area contributed by atoms with Crippen LogP contribution >= 0.6 is 0 Å². The lowest BCUT2D eigenvalue weighted by molar-refractivity contribution is 0.386. The first kappa shape index (κ1) is 8.64. The van der Waals surface area contributed by atoms with Crippen LogP contribution in [0.3, 0.4) is 0 Å². The van der Waals surface area contributed by atoms with E-state index in [2.05, 4.69) is 0 Å². The Kier molecular flexibility index (Phi) is 2.11. The summed E-state index contributed by atoms with van der Waals surface area (Å²) in [5.41, 5.74) is 1.85. The maximum Gasteiger partial charge on any atom is 0.127 e. The van der Waals surface area contributed by atoms with Gasteiger partial charge in [-0.2, -0.15) is 5.26 Å². The fourth-order valence-corrected chi connectivity index (χ4v) is 1.44. The van der Waals surface area contributed by atoms with Crippen LogP contribution in [0.25, 0.3) is 5.57 Å². The van der Waals surface area contributed by atoms with E-state index >= 15 is 0 Å². The van der Waals surface area contributed by atoms with Crippen LogP contribution in [0.4, 0.5) is 0 Å². The Morgan fingerprint density at radius 2 is 2.43 bits per heavy atom. The molecule has 2 rings (SSSR count). The van der Waals surface area contributed by atoms with Crippen LogP contribution in [0, 0.1) is 11.3 Å². The van der Waals surface area contributed by atoms with Crippen molar-refractivity contribution in [1.29, 1.82) is 5.26 Å². The molecule has 0 aliphatic carbocycles. The molecular weight excluding hydrogens is 178 g/mol. The van der Waals surface area contributed by atoms with E-state index in [-0.39, 0.29) is 0 Å². The van der Waals surface area contributed by atoms with E-state index in [0.717, 1.165) is 22.6 Å². The van der Waals surface area contributed by atoms with Crippen LogP contribution in [0.1, 0.15) is 5.56 Å². The minimum absolute atomic E-state index is 0.468. The van der Waals surface area contributed by atoms with Crippen molar-refractivity contribution in [1.82, 2.24) is 0 Å². The van der Waals surface area contributed by atoms with Gasteiger partial charge in [-0.05, 0) is 18.2 Å². The number of fused-ring (bicyclic) bond motifs is 1. The Hall–Kier alpha value is -1.95. The molecule has 70 valence electrons. The van der Waals surface area contributed by atoms with E-state index in [4.69, 9.17) is 14.7 Å². The molecule has 0 saturated heterocycles. The Labute approximate surface area is 82.2 Å². The summed E-state index contributed by atoms with van der Waals surface area (Å²) in [4.78, 5) is 0. The molecule has 0 unspecified atom stereocenters. The number of allylic oxidation sites excluding steroid dienone is 1. The summed E-state index contributed by atoms with van der Waals surface area (Å²) in [6.45, 7) is 0.468. The van der Waals surface area contributed by atoms with E-state index in [1.165, 1.54) is 6.08 Å². The third-order valence-electron chi connectivity index (χ3n) is 2.15. The number of rotatable bonds is 1. The SMILES string of the molecule is COc1ccc2c(c1)C(=CC#N)CO2. The first-order valence-corrected chi connectivity index (χ1v) is 4.25. The van der Waals surface area contributed by atoms with Gasteiger partial charge in [-0.15, -0.1) is 0 Å². The molecule has 3 nitrogen and oxygen atoms in total. The van der Waals surface area contributed by atoms with Gasteiger partial charge in [0, 0.05) is 17.2 Å². The molecular formula is C11H9NO2. The number of benzene rings is 1. The fourth-order valence-electron chi connectivity index (χ4n) is 1.44. The Morgan fingerprint density at radius 3 is 3.14 bits per heavy atom. The van der Waals surface area contributed by atoms with Gasteiger partial charge in [0.2, 0.25) is 0 Å². The molecule has 0 atom stereocenters. The molecule has 0 amide bonds. The normalized spacial score (nSPS) is 15.9. The minimum atomic E-state index is 0.468. The van der Waals surface area contributed by atoms with Gasteiger partial charge in [-0.3, -0.25) is 0 Å². The molecule has 0 saturated carbocycles. The number of nitrogens with zero attached hydrogens (tertiary/aromatic N) is 1. The van der Waals surface area contributed by atoms with E-state index < -0.39 is 0 Å². The van der Waals surface area contributed by atoms with Gasteiger partial charge in [-0.25, -0.2) is 0 Å². The van der Waals surface area contributed by atoms with Gasteiger partial charge in [0.1, 0.15) is 18.1 Å². The molecule has 0 radical (unpaired) electrons. The zero-order chi connectivity index (χ0) is 9.97. The first-order valence-electron chi connectivity index (χ1n) is 4.25. The zero-order valence-corrected chi connectivity index (χ0v) is 7.78. The number of methoxy groups -OCH3 is 1. The summed E-state index contributed by atoms with van der Waals surface area (Å²) >= 11 is 0. The van der Waals surface area contributed by atoms with E-state index in [9.17, 15) is 0 Å². The summed E-state index contributed by atoms with van der Waals surface area (Å²) in [5.74, 6) is 1.59. The van der Waals surface area contributed by atoms with Crippen molar-refractivity contribution >= 4 is 5.57 Å². The zero-order valence-electron chi connectivity index (χ0n) is 7.78. The highest BCUT2D eigenvalue weighted by atomic mass is 16.5. The average Bonchev–Trinajstić information content (AvgIpc) is 2.61. The van der Waals surface area contributed by atoms with Crippen LogP contribution in [0.15, 0.2) is 24.3 Å². The highest BCUT2D eigenvalue weighted by molar-refractivity contribution is 5.77. The summed E-state index contributed by atoms with van der Waals surface area (Å²) in [5, 5.41) is 8.57. The lowest BCUT2D eigenvalue weighted by Gasteiger charge is -2.01. The van der Waals surface area contributed by atoms with Crippen LogP contribution in [0.5, 0.6) is 11.5 Å². The van der Waals surface area contributed by atoms with Crippen LogP contribution < -0.4 is 9.47 Å². The Morgan fingerprint density at radius 1 is 1.57 bits per heavy atom. The van der Waals surface area contributed by atoms with Crippen molar-refractivity contribution in [2.24, 2.45) is 0 Å². The molecule has 1 aromatic rings. The number of hydrogen-bond acceptors (Lipinski definition) is 3. The quantitative estimate of drug-likeness (QED) is 0.631. The monoisotopic (exact) mass is 187 g/mol. The summed E-state index contributed by atoms with van der Waals surface area (Å²) in [6.07, 6.45) is 1.51. The first-order chi connectivity index (χ1) is 6.85. The Balaban J connectivity index is 2.48. The maximum atomic E-state index is 8.57. The summed E-state index contributed by atoms with van der Waals surface area (Å²) in [6, 6.07) is 7.58. The third kappa shape index (κ3) is 1.31. The van der Waals surface area contributed by atoms with Crippen molar-refractivity contribution < 1.29 is 9.47 Å². The average molecular weight is 187 g/mol. The highest BCUT2D eigenvalue weighted by Crippen LogP contribution is 2.35. The van der Waals surface area contributed by atoms with Gasteiger partial charge in [0.05, 0.1) is 13.2 Å². The van der Waals surface area contributed by atoms with Crippen LogP contribution in [-0.4, -0.2) is 13.7 Å². The summed E-state index contributed by atoms with van der Waals surface area (Å²) < 4.78 is 10.5. The van der Waals surface area contributed by atoms with Crippen LogP contribution in [0.2, 0.25) is 0 Å². The molecule has 0 bridgehead atoms. The highest BCUT2D eigenvalue weighted by Gasteiger charge is 2.17. The van der Waals surface area contributed by atoms with Crippen molar-refractivity contribution in [3.63, 3.8) is 0 Å². The molecule has 0 aromatic heterocycles. The number of nitriles is 1. The van der Waals surface area contributed by atoms with Crippen molar-refractivity contribution in [2.45, 2.75) is 0 Å². The molecule has 1 aromatic carbocycles. The standard InChI is InChI=1S/C11H9NO2/c1-13-9-2-3-11-10(6-9)8(4-5-12)7-14-11/h2-4,6H,7H2,1H3. The second kappa shape index (κ2) is 3.43. The molecule has 3 heteroatoms. The van der Waals surface area contributed by atoms with Gasteiger partial charge in [0.25, 0.3) is 0 Å². The van der Waals surface area contributed by atoms with E-state index in [1.54, 1.807) is 7.11 Å². The second-order valence-corrected chi connectivity index (χ2v) is 2.95. The summed E-state index contributed by atoms with van der Waals surface area (Å²) in [7, 11) is 1.62. The number of ether oxygens (including phenoxy) is 2. The number of hydrogen-bond donors (Lipinski definition) is 0. The second-order valence-electron chi connectivity index (χ2n) is 2.95. The van der Waals surface area contributed by atoms with E-state index in [1.807, 2.05) is 24.3 Å². The van der Waals surface area contributed by atoms with Crippen molar-refractivity contribution in [3.8, 4) is 17.6 Å². The fraction of sp³-hybridized carbons (Fsp3) is 0.182. The molecule has 0 N–H and O–H groups in total. The molecule has 14 heavy (non-hydrogen) atoms. The minimum Gasteiger partial charge on any atom is -0.497 e. The smallest absolute Gasteiger partial charge is 0.127 e. The van der Waals surface area contributed by atoms with Gasteiger partial charge < -0.3 is 9.47 Å². The molecule has 0 fully saturated rings. The predicted octanol–water partition coefficient (Wildman–Crippen LogP) is 1.99. The Bertz CT molecular complexity index is 429. The van der Waals surface area contributed by atoms with Gasteiger partial charge in [0.15, 0.2) is 0 Å². The topological polar surface area (TPSA) is 42.2 Å². The van der Waals surface area contributed by atoms with Gasteiger partial charge in [-0.1, -0.05) is 0 Å². The molecule has 0 spiro atoms. The largest absolute Gasteiger partial charge is 0.497 e. The van der Waals surface area contributed by atoms with Crippen LogP contribution in [-0.2, 0) is 0 Å². The molecule has 1 heterocycles. The lowest BCUT2D eigenvalue weighted by atomic mass is 10.1. The lowest BCUT2D eigenvalue weighted by Crippen LogP contribution is -1.86. The van der Waals surface area contributed by atoms with Crippen molar-refractivity contribution in [2.75, 3.05) is 13.7 Å². The van der Waals surface area contributed by atoms with E-state index in [0.29, 0.717) is 6.61 Å². The third-order valence-corrected chi connectivity index (χ3v) is 2.15.